The van der Waals surface area contributed by atoms with Gasteiger partial charge in [0.05, 0.1) is 22.9 Å². The summed E-state index contributed by atoms with van der Waals surface area (Å²) in [6.07, 6.45) is -5.20. The number of hydrogen-bond donors (Lipinski definition) is 1. The second-order valence-electron chi connectivity index (χ2n) is 3.91. The number of Topliss-reactive ketones (excluding diaryl/α,β-unsaturated/α-hetero) is 1. The number of halogens is 3. The maximum atomic E-state index is 12.6. The molecule has 1 aromatic carbocycles. The molecular formula is C14H4F3N5O. The number of rotatable bonds is 3. The molecule has 6 nitrogen and oxygen atoms in total. The molecule has 0 aliphatic carbocycles. The first-order valence-corrected chi connectivity index (χ1v) is 5.65. The van der Waals surface area contributed by atoms with Crippen molar-refractivity contribution in [2.45, 2.75) is 6.18 Å². The maximum Gasteiger partial charge on any atom is 0.454 e. The van der Waals surface area contributed by atoms with Gasteiger partial charge in [0.1, 0.15) is 23.9 Å². The van der Waals surface area contributed by atoms with Crippen LogP contribution in [0.4, 0.5) is 18.9 Å². The van der Waals surface area contributed by atoms with E-state index in [2.05, 4.69) is 5.32 Å². The lowest BCUT2D eigenvalue weighted by Gasteiger charge is -2.12. The van der Waals surface area contributed by atoms with Gasteiger partial charge in [-0.15, -0.1) is 0 Å². The summed E-state index contributed by atoms with van der Waals surface area (Å²) < 4.78 is 37.9. The van der Waals surface area contributed by atoms with Gasteiger partial charge >= 0.3 is 6.18 Å². The molecule has 23 heavy (non-hydrogen) atoms. The predicted octanol–water partition coefficient (Wildman–Crippen LogP) is 2.54. The molecule has 0 radical (unpaired) electrons. The fourth-order valence-electron chi connectivity index (χ4n) is 1.48. The van der Waals surface area contributed by atoms with E-state index in [0.717, 1.165) is 12.1 Å². The molecule has 0 atom stereocenters. The molecule has 0 fully saturated rings. The monoisotopic (exact) mass is 315 g/mol. The minimum Gasteiger partial charge on any atom is -0.345 e. The SMILES string of the molecule is N#CC(C#N)=C(C#N)Nc1ccc(C#N)cc1C(=O)C(F)(F)F. The predicted molar refractivity (Wildman–Crippen MR) is 69.0 cm³/mol. The summed E-state index contributed by atoms with van der Waals surface area (Å²) in [5.41, 5.74) is -2.84. The Morgan fingerprint density at radius 2 is 1.65 bits per heavy atom. The van der Waals surface area contributed by atoms with Crippen LogP contribution in [0.1, 0.15) is 15.9 Å². The molecule has 112 valence electrons. The number of hydrogen-bond acceptors (Lipinski definition) is 6. The van der Waals surface area contributed by atoms with Crippen LogP contribution < -0.4 is 5.32 Å². The van der Waals surface area contributed by atoms with Gasteiger partial charge in [-0.2, -0.15) is 34.2 Å². The molecule has 0 spiro atoms. The Morgan fingerprint density at radius 3 is 2.09 bits per heavy atom. The number of alkyl halides is 3. The Labute approximate surface area is 127 Å². The molecule has 0 aliphatic rings. The first-order chi connectivity index (χ1) is 10.8. The summed E-state index contributed by atoms with van der Waals surface area (Å²) in [5.74, 6) is -2.23. The Balaban J connectivity index is 3.51. The first-order valence-electron chi connectivity index (χ1n) is 5.65. The zero-order chi connectivity index (χ0) is 17.6. The Kier molecular flexibility index (Phi) is 5.06. The molecule has 0 bridgehead atoms. The highest BCUT2D eigenvalue weighted by atomic mass is 19.4. The summed E-state index contributed by atoms with van der Waals surface area (Å²) in [6.45, 7) is 0. The van der Waals surface area contributed by atoms with Gasteiger partial charge in [0.15, 0.2) is 5.57 Å². The molecule has 1 rings (SSSR count). The lowest BCUT2D eigenvalue weighted by molar-refractivity contribution is -0.0884. The van der Waals surface area contributed by atoms with Crippen molar-refractivity contribution in [3.63, 3.8) is 0 Å². The van der Waals surface area contributed by atoms with Crippen LogP contribution in [0.25, 0.3) is 0 Å². The Bertz CT molecular complexity index is 841. The second kappa shape index (κ2) is 6.76. The van der Waals surface area contributed by atoms with E-state index < -0.39 is 34.5 Å². The van der Waals surface area contributed by atoms with Crippen molar-refractivity contribution in [3.8, 4) is 24.3 Å². The molecule has 1 aromatic rings. The minimum atomic E-state index is -5.20. The minimum absolute atomic E-state index is 0.202. The number of nitriles is 4. The number of anilines is 1. The summed E-state index contributed by atoms with van der Waals surface area (Å²) in [5, 5.41) is 37.1. The van der Waals surface area contributed by atoms with Gasteiger partial charge in [-0.3, -0.25) is 4.79 Å². The quantitative estimate of drug-likeness (QED) is 0.675. The second-order valence-corrected chi connectivity index (χ2v) is 3.91. The van der Waals surface area contributed by atoms with Crippen molar-refractivity contribution in [1.82, 2.24) is 0 Å². The van der Waals surface area contributed by atoms with E-state index in [4.69, 9.17) is 21.0 Å². The summed E-state index contributed by atoms with van der Waals surface area (Å²) in [4.78, 5) is 11.4. The van der Waals surface area contributed by atoms with Gasteiger partial charge in [-0.1, -0.05) is 0 Å². The van der Waals surface area contributed by atoms with Crippen molar-refractivity contribution in [3.05, 3.63) is 40.6 Å². The van der Waals surface area contributed by atoms with Crippen LogP contribution in [0.3, 0.4) is 0 Å². The molecule has 0 saturated carbocycles. The largest absolute Gasteiger partial charge is 0.454 e. The van der Waals surface area contributed by atoms with E-state index in [-0.39, 0.29) is 5.56 Å². The lowest BCUT2D eigenvalue weighted by Crippen LogP contribution is -2.24. The fourth-order valence-corrected chi connectivity index (χ4v) is 1.48. The normalized spacial score (nSPS) is 9.52. The average Bonchev–Trinajstić information content (AvgIpc) is 2.53. The molecule has 9 heteroatoms. The van der Waals surface area contributed by atoms with E-state index in [1.165, 1.54) is 18.2 Å². The molecule has 0 heterocycles. The maximum absolute atomic E-state index is 12.6. The number of ketones is 1. The van der Waals surface area contributed by atoms with E-state index in [1.54, 1.807) is 6.07 Å². The average molecular weight is 315 g/mol. The van der Waals surface area contributed by atoms with Crippen molar-refractivity contribution in [2.75, 3.05) is 5.32 Å². The van der Waals surface area contributed by atoms with Crippen LogP contribution in [0, 0.1) is 45.3 Å². The molecule has 0 aromatic heterocycles. The Morgan fingerprint density at radius 1 is 1.04 bits per heavy atom. The van der Waals surface area contributed by atoms with Gasteiger partial charge in [0.25, 0.3) is 5.78 Å². The van der Waals surface area contributed by atoms with E-state index in [0.29, 0.717) is 6.07 Å². The lowest BCUT2D eigenvalue weighted by atomic mass is 10.0. The highest BCUT2D eigenvalue weighted by Crippen LogP contribution is 2.28. The van der Waals surface area contributed by atoms with Crippen LogP contribution in [-0.4, -0.2) is 12.0 Å². The number of carbonyl (C=O) groups excluding carboxylic acids is 1. The number of nitrogens with zero attached hydrogens (tertiary/aromatic N) is 4. The summed E-state index contributed by atoms with van der Waals surface area (Å²) >= 11 is 0. The van der Waals surface area contributed by atoms with Crippen LogP contribution >= 0.6 is 0 Å². The summed E-state index contributed by atoms with van der Waals surface area (Å²) in [6, 6.07) is 8.62. The van der Waals surface area contributed by atoms with Gasteiger partial charge < -0.3 is 5.32 Å². The molecule has 0 amide bonds. The summed E-state index contributed by atoms with van der Waals surface area (Å²) in [7, 11) is 0. The van der Waals surface area contributed by atoms with E-state index in [1.807, 2.05) is 0 Å². The van der Waals surface area contributed by atoms with Crippen LogP contribution in [0.15, 0.2) is 29.5 Å². The van der Waals surface area contributed by atoms with Crippen molar-refractivity contribution in [1.29, 1.82) is 21.0 Å². The number of nitrogens with one attached hydrogen (secondary N) is 1. The third-order valence-electron chi connectivity index (χ3n) is 2.50. The molecule has 1 N–H and O–H groups in total. The topological polar surface area (TPSA) is 124 Å². The molecule has 0 aliphatic heterocycles. The van der Waals surface area contributed by atoms with E-state index in [9.17, 15) is 18.0 Å². The zero-order valence-corrected chi connectivity index (χ0v) is 11.1. The Hall–Kier alpha value is -3.82. The van der Waals surface area contributed by atoms with E-state index >= 15 is 0 Å². The van der Waals surface area contributed by atoms with Gasteiger partial charge in [-0.25, -0.2) is 0 Å². The highest BCUT2D eigenvalue weighted by molar-refractivity contribution is 6.05. The van der Waals surface area contributed by atoms with Crippen molar-refractivity contribution < 1.29 is 18.0 Å². The van der Waals surface area contributed by atoms with Crippen molar-refractivity contribution >= 4 is 11.5 Å². The van der Waals surface area contributed by atoms with Crippen molar-refractivity contribution in [2.24, 2.45) is 0 Å². The number of benzene rings is 1. The zero-order valence-electron chi connectivity index (χ0n) is 11.1. The van der Waals surface area contributed by atoms with Gasteiger partial charge in [-0.05, 0) is 18.2 Å². The molecular weight excluding hydrogens is 311 g/mol. The van der Waals surface area contributed by atoms with Gasteiger partial charge in [0.2, 0.25) is 0 Å². The molecule has 0 unspecified atom stereocenters. The number of allylic oxidation sites excluding steroid dienone is 2. The van der Waals surface area contributed by atoms with Crippen LogP contribution in [0.5, 0.6) is 0 Å². The number of carbonyl (C=O) groups is 1. The smallest absolute Gasteiger partial charge is 0.345 e. The third-order valence-corrected chi connectivity index (χ3v) is 2.50. The standard InChI is InChI=1S/C14H4F3N5O/c15-14(16,17)13(23)10-3-8(4-18)1-2-11(10)22-12(7-21)9(5-19)6-20/h1-3,22H. The highest BCUT2D eigenvalue weighted by Gasteiger charge is 2.40. The first kappa shape index (κ1) is 17.2. The fraction of sp³-hybridized carbons (Fsp3) is 0.0714. The van der Waals surface area contributed by atoms with Crippen LogP contribution in [0.2, 0.25) is 0 Å². The third kappa shape index (κ3) is 3.85. The van der Waals surface area contributed by atoms with Crippen LogP contribution in [-0.2, 0) is 0 Å². The van der Waals surface area contributed by atoms with Gasteiger partial charge in [0, 0.05) is 0 Å². The molecule has 0 saturated heterocycles.